The number of hydrogen-bond acceptors (Lipinski definition) is 5. The lowest BCUT2D eigenvalue weighted by Gasteiger charge is -2.57. The lowest BCUT2D eigenvalue weighted by Crippen LogP contribution is -2.61. The molecule has 1 aromatic carbocycles. The molecule has 30 heavy (non-hydrogen) atoms. The molecule has 4 fully saturated rings. The molecular weight excluding hydrogens is 382 g/mol. The van der Waals surface area contributed by atoms with Crippen molar-refractivity contribution in [2.45, 2.75) is 57.1 Å². The van der Waals surface area contributed by atoms with Crippen molar-refractivity contribution >= 4 is 18.0 Å². The van der Waals surface area contributed by atoms with Gasteiger partial charge in [0.15, 0.2) is 6.10 Å². The molecule has 6 heteroatoms. The predicted molar refractivity (Wildman–Crippen MR) is 113 cm³/mol. The standard InChI is InChI=1S/C24H31NO5/c1-15(23(27)25-24-12-17-6-18(13-24)8-19(7-17)14-24)30-22(26)5-4-16-9-20(28-2)11-21(10-16)29-3/h4-5,9-11,15,17-19H,6-8,12-14H2,1-3H3,(H,25,27)/b5-4+/t15-,17?,18?,19?,24?/m1/s1. The van der Waals surface area contributed by atoms with E-state index in [-0.39, 0.29) is 11.4 Å². The van der Waals surface area contributed by atoms with Gasteiger partial charge in [0.2, 0.25) is 0 Å². The van der Waals surface area contributed by atoms with Gasteiger partial charge in [0.05, 0.1) is 14.2 Å². The Bertz CT molecular complexity index is 788. The Morgan fingerprint density at radius 2 is 1.53 bits per heavy atom. The Labute approximate surface area is 178 Å². The fourth-order valence-corrected chi connectivity index (χ4v) is 5.98. The summed E-state index contributed by atoms with van der Waals surface area (Å²) in [5.74, 6) is 2.76. The number of amides is 1. The van der Waals surface area contributed by atoms with Gasteiger partial charge in [-0.25, -0.2) is 4.79 Å². The maximum absolute atomic E-state index is 12.8. The molecule has 5 rings (SSSR count). The summed E-state index contributed by atoms with van der Waals surface area (Å²) >= 11 is 0. The van der Waals surface area contributed by atoms with Crippen LogP contribution in [0.3, 0.4) is 0 Å². The van der Waals surface area contributed by atoms with Crippen molar-refractivity contribution in [1.82, 2.24) is 5.32 Å². The fourth-order valence-electron chi connectivity index (χ4n) is 5.98. The van der Waals surface area contributed by atoms with Gasteiger partial charge in [0, 0.05) is 17.7 Å². The average molecular weight is 414 g/mol. The van der Waals surface area contributed by atoms with Crippen LogP contribution in [0.25, 0.3) is 6.08 Å². The first-order valence-electron chi connectivity index (χ1n) is 10.8. The molecule has 1 aromatic rings. The number of methoxy groups -OCH3 is 2. The summed E-state index contributed by atoms with van der Waals surface area (Å²) in [6, 6.07) is 5.33. The molecule has 1 atom stereocenters. The van der Waals surface area contributed by atoms with E-state index < -0.39 is 12.1 Å². The quantitative estimate of drug-likeness (QED) is 0.545. The molecule has 0 radical (unpaired) electrons. The fraction of sp³-hybridized carbons (Fsp3) is 0.583. The molecule has 0 heterocycles. The molecule has 4 aliphatic carbocycles. The molecule has 0 saturated heterocycles. The van der Waals surface area contributed by atoms with Gasteiger partial charge in [-0.05, 0) is 87.0 Å². The Hall–Kier alpha value is -2.50. The van der Waals surface area contributed by atoms with Crippen molar-refractivity contribution in [3.63, 3.8) is 0 Å². The van der Waals surface area contributed by atoms with Crippen molar-refractivity contribution in [3.8, 4) is 11.5 Å². The highest BCUT2D eigenvalue weighted by Gasteiger charge is 2.51. The number of esters is 1. The lowest BCUT2D eigenvalue weighted by atomic mass is 9.53. The highest BCUT2D eigenvalue weighted by Crippen LogP contribution is 2.55. The van der Waals surface area contributed by atoms with Crippen LogP contribution in [0.15, 0.2) is 24.3 Å². The predicted octanol–water partition coefficient (Wildman–Crippen LogP) is 3.73. The number of benzene rings is 1. The van der Waals surface area contributed by atoms with E-state index >= 15 is 0 Å². The van der Waals surface area contributed by atoms with Crippen LogP contribution in [0.2, 0.25) is 0 Å². The normalized spacial score (nSPS) is 30.2. The molecule has 0 spiro atoms. The molecule has 0 aliphatic heterocycles. The van der Waals surface area contributed by atoms with Crippen LogP contribution in [-0.2, 0) is 14.3 Å². The van der Waals surface area contributed by atoms with Crippen LogP contribution in [0.1, 0.15) is 51.0 Å². The Morgan fingerprint density at radius 3 is 2.03 bits per heavy atom. The maximum atomic E-state index is 12.8. The minimum atomic E-state index is -0.824. The molecule has 162 valence electrons. The topological polar surface area (TPSA) is 73.9 Å². The van der Waals surface area contributed by atoms with Crippen LogP contribution >= 0.6 is 0 Å². The highest BCUT2D eigenvalue weighted by molar-refractivity contribution is 5.90. The summed E-state index contributed by atoms with van der Waals surface area (Å²) in [5.41, 5.74) is 0.660. The molecule has 6 nitrogen and oxygen atoms in total. The van der Waals surface area contributed by atoms with E-state index in [1.807, 2.05) is 0 Å². The molecule has 0 aromatic heterocycles. The molecule has 1 amide bonds. The summed E-state index contributed by atoms with van der Waals surface area (Å²) in [6.45, 7) is 1.64. The molecule has 4 saturated carbocycles. The van der Waals surface area contributed by atoms with Crippen LogP contribution in [0.5, 0.6) is 11.5 Å². The van der Waals surface area contributed by atoms with E-state index in [2.05, 4.69) is 5.32 Å². The van der Waals surface area contributed by atoms with Crippen molar-refractivity contribution in [1.29, 1.82) is 0 Å². The van der Waals surface area contributed by atoms with E-state index in [1.54, 1.807) is 45.4 Å². The zero-order valence-electron chi connectivity index (χ0n) is 18.0. The third-order valence-corrected chi connectivity index (χ3v) is 6.87. The number of carbonyl (C=O) groups is 2. The van der Waals surface area contributed by atoms with Crippen LogP contribution < -0.4 is 14.8 Å². The molecule has 4 aliphatic rings. The zero-order chi connectivity index (χ0) is 21.3. The number of ether oxygens (including phenoxy) is 3. The molecular formula is C24H31NO5. The van der Waals surface area contributed by atoms with Gasteiger partial charge in [0.25, 0.3) is 5.91 Å². The third-order valence-electron chi connectivity index (χ3n) is 6.87. The Balaban J connectivity index is 1.33. The smallest absolute Gasteiger partial charge is 0.331 e. The van der Waals surface area contributed by atoms with E-state index in [4.69, 9.17) is 14.2 Å². The van der Waals surface area contributed by atoms with Crippen molar-refractivity contribution in [2.24, 2.45) is 17.8 Å². The van der Waals surface area contributed by atoms with Gasteiger partial charge >= 0.3 is 5.97 Å². The van der Waals surface area contributed by atoms with Gasteiger partial charge in [0.1, 0.15) is 11.5 Å². The minimum absolute atomic E-state index is 0.0838. The van der Waals surface area contributed by atoms with Gasteiger partial charge in [-0.15, -0.1) is 0 Å². The second kappa shape index (κ2) is 8.32. The molecule has 0 unspecified atom stereocenters. The van der Waals surface area contributed by atoms with Crippen LogP contribution in [0.4, 0.5) is 0 Å². The summed E-state index contributed by atoms with van der Waals surface area (Å²) in [7, 11) is 3.14. The first-order valence-corrected chi connectivity index (χ1v) is 10.8. The van der Waals surface area contributed by atoms with Gasteiger partial charge < -0.3 is 19.5 Å². The Kier molecular flexibility index (Phi) is 5.76. The van der Waals surface area contributed by atoms with E-state index in [0.717, 1.165) is 42.6 Å². The number of carbonyl (C=O) groups excluding carboxylic acids is 2. The lowest BCUT2D eigenvalue weighted by molar-refractivity contribution is -0.152. The molecule has 4 bridgehead atoms. The van der Waals surface area contributed by atoms with Gasteiger partial charge in [-0.2, -0.15) is 0 Å². The van der Waals surface area contributed by atoms with Crippen molar-refractivity contribution in [2.75, 3.05) is 14.2 Å². The summed E-state index contributed by atoms with van der Waals surface area (Å²) in [5, 5.41) is 3.26. The zero-order valence-corrected chi connectivity index (χ0v) is 18.0. The maximum Gasteiger partial charge on any atom is 0.331 e. The van der Waals surface area contributed by atoms with Crippen molar-refractivity contribution < 1.29 is 23.8 Å². The molecule has 1 N–H and O–H groups in total. The van der Waals surface area contributed by atoms with Crippen molar-refractivity contribution in [3.05, 3.63) is 29.8 Å². The van der Waals surface area contributed by atoms with Crippen LogP contribution in [0, 0.1) is 17.8 Å². The monoisotopic (exact) mass is 413 g/mol. The van der Waals surface area contributed by atoms with E-state index in [0.29, 0.717) is 11.5 Å². The van der Waals surface area contributed by atoms with E-state index in [1.165, 1.54) is 25.3 Å². The average Bonchev–Trinajstić information content (AvgIpc) is 2.70. The first kappa shape index (κ1) is 20.8. The second-order valence-corrected chi connectivity index (χ2v) is 9.25. The number of nitrogens with one attached hydrogen (secondary N) is 1. The highest BCUT2D eigenvalue weighted by atomic mass is 16.5. The SMILES string of the molecule is COc1cc(/C=C/C(=O)O[C@H](C)C(=O)NC23CC4CC(CC(C4)C2)C3)cc(OC)c1. The minimum Gasteiger partial charge on any atom is -0.497 e. The summed E-state index contributed by atoms with van der Waals surface area (Å²) in [4.78, 5) is 25.0. The second-order valence-electron chi connectivity index (χ2n) is 9.25. The third kappa shape index (κ3) is 4.47. The number of hydrogen-bond donors (Lipinski definition) is 1. The number of rotatable bonds is 7. The van der Waals surface area contributed by atoms with Gasteiger partial charge in [-0.3, -0.25) is 4.79 Å². The summed E-state index contributed by atoms with van der Waals surface area (Å²) < 4.78 is 15.8. The van der Waals surface area contributed by atoms with Crippen LogP contribution in [-0.4, -0.2) is 37.7 Å². The largest absolute Gasteiger partial charge is 0.497 e. The van der Waals surface area contributed by atoms with Gasteiger partial charge in [-0.1, -0.05) is 0 Å². The Morgan fingerprint density at radius 1 is 1.00 bits per heavy atom. The van der Waals surface area contributed by atoms with E-state index in [9.17, 15) is 9.59 Å². The first-order chi connectivity index (χ1) is 14.4. The summed E-state index contributed by atoms with van der Waals surface area (Å²) in [6.07, 6.45) is 9.29.